The van der Waals surface area contributed by atoms with Crippen LogP contribution in [0.15, 0.2) is 12.7 Å². The fraction of sp³-hybridized carbons (Fsp3) is 0.833. The van der Waals surface area contributed by atoms with Crippen molar-refractivity contribution < 1.29 is 0 Å². The van der Waals surface area contributed by atoms with Crippen molar-refractivity contribution >= 4 is 0 Å². The summed E-state index contributed by atoms with van der Waals surface area (Å²) >= 11 is 0. The molecule has 0 spiro atoms. The van der Waals surface area contributed by atoms with Gasteiger partial charge in [-0.1, -0.05) is 19.4 Å². The lowest BCUT2D eigenvalue weighted by Gasteiger charge is -2.17. The third kappa shape index (κ3) is 7.10. The molecule has 0 aromatic rings. The highest BCUT2D eigenvalue weighted by molar-refractivity contribution is 4.71. The zero-order valence-electron chi connectivity index (χ0n) is 9.84. The Kier molecular flexibility index (Phi) is 9.00. The van der Waals surface area contributed by atoms with E-state index in [1.54, 1.807) is 0 Å². The third-order valence-electron chi connectivity index (χ3n) is 2.75. The molecule has 1 unspecified atom stereocenters. The topological polar surface area (TPSA) is 29.3 Å². The second-order valence-electron chi connectivity index (χ2n) is 4.04. The van der Waals surface area contributed by atoms with E-state index in [1.807, 2.05) is 6.08 Å². The lowest BCUT2D eigenvalue weighted by molar-refractivity contribution is 0.331. The van der Waals surface area contributed by atoms with Gasteiger partial charge in [0, 0.05) is 6.54 Å². The van der Waals surface area contributed by atoms with Crippen LogP contribution in [0.25, 0.3) is 0 Å². The van der Waals surface area contributed by atoms with E-state index < -0.39 is 0 Å². The van der Waals surface area contributed by atoms with Crippen molar-refractivity contribution in [3.8, 4) is 0 Å². The lowest BCUT2D eigenvalue weighted by Crippen LogP contribution is -2.20. The second-order valence-corrected chi connectivity index (χ2v) is 4.04. The van der Waals surface area contributed by atoms with E-state index in [1.165, 1.54) is 32.2 Å². The molecule has 2 heteroatoms. The third-order valence-corrected chi connectivity index (χ3v) is 2.75. The molecule has 1 atom stereocenters. The van der Waals surface area contributed by atoms with Crippen LogP contribution in [0.5, 0.6) is 0 Å². The van der Waals surface area contributed by atoms with Gasteiger partial charge in [0.1, 0.15) is 0 Å². The molecule has 0 saturated heterocycles. The molecule has 0 aliphatic rings. The highest BCUT2D eigenvalue weighted by Crippen LogP contribution is 2.14. The minimum Gasteiger partial charge on any atom is -0.330 e. The highest BCUT2D eigenvalue weighted by atomic mass is 15.1. The summed E-state index contributed by atoms with van der Waals surface area (Å²) in [7, 11) is 2.14. The molecule has 0 aromatic carbocycles. The van der Waals surface area contributed by atoms with E-state index in [2.05, 4.69) is 25.5 Å². The Labute approximate surface area is 89.2 Å². The van der Waals surface area contributed by atoms with Crippen molar-refractivity contribution in [1.29, 1.82) is 0 Å². The predicted octanol–water partition coefficient (Wildman–Crippen LogP) is 2.26. The molecule has 2 nitrogen and oxygen atoms in total. The highest BCUT2D eigenvalue weighted by Gasteiger charge is 2.05. The van der Waals surface area contributed by atoms with Crippen LogP contribution in [0.1, 0.15) is 32.6 Å². The Balaban J connectivity index is 3.44. The number of likely N-dealkylation sites (N-methyl/N-ethyl adjacent to an activating group) is 1. The molecule has 0 aromatic heterocycles. The average Bonchev–Trinajstić information content (AvgIpc) is 2.17. The zero-order valence-corrected chi connectivity index (χ0v) is 9.84. The van der Waals surface area contributed by atoms with Crippen LogP contribution < -0.4 is 5.73 Å². The van der Waals surface area contributed by atoms with Gasteiger partial charge in [0.25, 0.3) is 0 Å². The van der Waals surface area contributed by atoms with Crippen LogP contribution in [0, 0.1) is 5.92 Å². The van der Waals surface area contributed by atoms with E-state index in [-0.39, 0.29) is 0 Å². The van der Waals surface area contributed by atoms with Crippen LogP contribution in [-0.2, 0) is 0 Å². The molecule has 0 heterocycles. The first kappa shape index (κ1) is 13.7. The molecule has 0 amide bonds. The summed E-state index contributed by atoms with van der Waals surface area (Å²) < 4.78 is 0. The van der Waals surface area contributed by atoms with E-state index in [9.17, 15) is 0 Å². The summed E-state index contributed by atoms with van der Waals surface area (Å²) in [4.78, 5) is 2.31. The first-order valence-corrected chi connectivity index (χ1v) is 5.74. The lowest BCUT2D eigenvalue weighted by atomic mass is 9.97. The van der Waals surface area contributed by atoms with Crippen molar-refractivity contribution in [3.05, 3.63) is 12.7 Å². The molecule has 0 aliphatic heterocycles. The number of hydrogen-bond acceptors (Lipinski definition) is 2. The standard InChI is InChI=1S/C12H26N2/c1-4-10-14(3)11-6-7-12(5-2)8-9-13/h4,12H,1,5-11,13H2,2-3H3. The maximum Gasteiger partial charge on any atom is 0.0157 e. The summed E-state index contributed by atoms with van der Waals surface area (Å²) in [6.45, 7) is 8.99. The molecular formula is C12H26N2. The molecule has 0 bridgehead atoms. The van der Waals surface area contributed by atoms with Crippen LogP contribution >= 0.6 is 0 Å². The first-order chi connectivity index (χ1) is 6.74. The van der Waals surface area contributed by atoms with E-state index in [0.717, 1.165) is 19.0 Å². The second kappa shape index (κ2) is 9.22. The van der Waals surface area contributed by atoms with Gasteiger partial charge in [0.2, 0.25) is 0 Å². The summed E-state index contributed by atoms with van der Waals surface area (Å²) in [6, 6.07) is 0. The summed E-state index contributed by atoms with van der Waals surface area (Å²) in [5.74, 6) is 0.831. The Morgan fingerprint density at radius 1 is 1.43 bits per heavy atom. The average molecular weight is 198 g/mol. The number of hydrogen-bond donors (Lipinski definition) is 1. The van der Waals surface area contributed by atoms with Gasteiger partial charge in [-0.15, -0.1) is 6.58 Å². The molecule has 2 N–H and O–H groups in total. The Morgan fingerprint density at radius 2 is 2.14 bits per heavy atom. The smallest absolute Gasteiger partial charge is 0.0157 e. The maximum absolute atomic E-state index is 5.56. The Hall–Kier alpha value is -0.340. The molecule has 0 radical (unpaired) electrons. The first-order valence-electron chi connectivity index (χ1n) is 5.74. The maximum atomic E-state index is 5.56. The Morgan fingerprint density at radius 3 is 2.64 bits per heavy atom. The molecule has 0 saturated carbocycles. The minimum atomic E-state index is 0.831. The quantitative estimate of drug-likeness (QED) is 0.576. The monoisotopic (exact) mass is 198 g/mol. The molecule has 0 aliphatic carbocycles. The number of rotatable bonds is 9. The Bertz CT molecular complexity index is 134. The van der Waals surface area contributed by atoms with Gasteiger partial charge < -0.3 is 10.6 Å². The number of nitrogens with two attached hydrogens (primary N) is 1. The van der Waals surface area contributed by atoms with E-state index >= 15 is 0 Å². The van der Waals surface area contributed by atoms with E-state index in [0.29, 0.717) is 0 Å². The summed E-state index contributed by atoms with van der Waals surface area (Å²) in [5.41, 5.74) is 5.56. The molecule has 0 rings (SSSR count). The van der Waals surface area contributed by atoms with Crippen LogP contribution in [-0.4, -0.2) is 31.6 Å². The fourth-order valence-electron chi connectivity index (χ4n) is 1.75. The van der Waals surface area contributed by atoms with Crippen molar-refractivity contribution in [3.63, 3.8) is 0 Å². The zero-order chi connectivity index (χ0) is 10.8. The van der Waals surface area contributed by atoms with Gasteiger partial charge in [0.05, 0.1) is 0 Å². The molecule has 84 valence electrons. The van der Waals surface area contributed by atoms with Crippen LogP contribution in [0.2, 0.25) is 0 Å². The van der Waals surface area contributed by atoms with Gasteiger partial charge in [-0.25, -0.2) is 0 Å². The van der Waals surface area contributed by atoms with Gasteiger partial charge in [0.15, 0.2) is 0 Å². The van der Waals surface area contributed by atoms with Crippen molar-refractivity contribution in [2.24, 2.45) is 11.7 Å². The number of nitrogens with zero attached hydrogens (tertiary/aromatic N) is 1. The minimum absolute atomic E-state index is 0.831. The predicted molar refractivity (Wildman–Crippen MR) is 64.4 cm³/mol. The summed E-state index contributed by atoms with van der Waals surface area (Å²) in [6.07, 6.45) is 7.00. The van der Waals surface area contributed by atoms with E-state index in [4.69, 9.17) is 5.73 Å². The molecule has 0 fully saturated rings. The largest absolute Gasteiger partial charge is 0.330 e. The normalized spacial score (nSPS) is 13.1. The van der Waals surface area contributed by atoms with Gasteiger partial charge in [-0.2, -0.15) is 0 Å². The van der Waals surface area contributed by atoms with Gasteiger partial charge >= 0.3 is 0 Å². The fourth-order valence-corrected chi connectivity index (χ4v) is 1.75. The van der Waals surface area contributed by atoms with Crippen LogP contribution in [0.4, 0.5) is 0 Å². The van der Waals surface area contributed by atoms with Gasteiger partial charge in [-0.05, 0) is 45.3 Å². The van der Waals surface area contributed by atoms with Crippen molar-refractivity contribution in [2.45, 2.75) is 32.6 Å². The molecule has 14 heavy (non-hydrogen) atoms. The van der Waals surface area contributed by atoms with Gasteiger partial charge in [-0.3, -0.25) is 0 Å². The SMILES string of the molecule is C=CCN(C)CCCC(CC)CCN. The van der Waals surface area contributed by atoms with Crippen molar-refractivity contribution in [1.82, 2.24) is 4.90 Å². The molecular weight excluding hydrogens is 172 g/mol. The van der Waals surface area contributed by atoms with Crippen LogP contribution in [0.3, 0.4) is 0 Å². The van der Waals surface area contributed by atoms with Crippen molar-refractivity contribution in [2.75, 3.05) is 26.7 Å². The summed E-state index contributed by atoms with van der Waals surface area (Å²) in [5, 5.41) is 0.